The lowest BCUT2D eigenvalue weighted by molar-refractivity contribution is -0.395. The molecule has 0 atom stereocenters. The number of fused-ring (bicyclic) bond motifs is 1. The van der Waals surface area contributed by atoms with Gasteiger partial charge in [-0.25, -0.2) is 4.79 Å². The van der Waals surface area contributed by atoms with Gasteiger partial charge in [0.05, 0.1) is 15.4 Å². The van der Waals surface area contributed by atoms with E-state index in [-0.39, 0.29) is 11.0 Å². The lowest BCUT2D eigenvalue weighted by atomic mass is 10.2. The van der Waals surface area contributed by atoms with Crippen LogP contribution < -0.4 is 5.69 Å². The van der Waals surface area contributed by atoms with E-state index in [1.54, 1.807) is 0 Å². The van der Waals surface area contributed by atoms with E-state index in [1.807, 2.05) is 0 Å². The third-order valence-corrected chi connectivity index (χ3v) is 2.12. The Balaban J connectivity index is 2.99. The summed E-state index contributed by atoms with van der Waals surface area (Å²) < 4.78 is 0. The van der Waals surface area contributed by atoms with Crippen molar-refractivity contribution >= 4 is 22.4 Å². The molecule has 0 saturated heterocycles. The van der Waals surface area contributed by atoms with Gasteiger partial charge in [-0.1, -0.05) is 0 Å². The number of phenols is 1. The minimum Gasteiger partial charge on any atom is -0.497 e. The number of aromatic nitrogens is 2. The number of nitro benzene ring substituents is 2. The summed E-state index contributed by atoms with van der Waals surface area (Å²) in [6, 6.07) is 0.843. The van der Waals surface area contributed by atoms with E-state index in [2.05, 4.69) is 9.97 Å². The second-order valence-electron chi connectivity index (χ2n) is 3.11. The van der Waals surface area contributed by atoms with E-state index in [4.69, 9.17) is 0 Å². The summed E-state index contributed by atoms with van der Waals surface area (Å²) >= 11 is 0. The number of phenolic OH excluding ortho intramolecular Hbond substituents is 1. The fraction of sp³-hybridized carbons (Fsp3) is 0. The van der Waals surface area contributed by atoms with Crippen LogP contribution in [0, 0.1) is 20.2 Å². The van der Waals surface area contributed by atoms with Crippen molar-refractivity contribution < 1.29 is 15.0 Å². The van der Waals surface area contributed by atoms with Crippen molar-refractivity contribution in [2.45, 2.75) is 0 Å². The molecule has 10 nitrogen and oxygen atoms in total. The minimum absolute atomic E-state index is 0.119. The Hall–Kier alpha value is -2.91. The van der Waals surface area contributed by atoms with Crippen molar-refractivity contribution in [1.29, 1.82) is 0 Å². The normalized spacial score (nSPS) is 10.6. The molecular formula is C7H4N4O6. The molecule has 10 heteroatoms. The maximum Gasteiger partial charge on any atom is 0.343 e. The number of aromatic amines is 2. The van der Waals surface area contributed by atoms with Gasteiger partial charge in [0.1, 0.15) is 5.52 Å². The van der Waals surface area contributed by atoms with Crippen LogP contribution in [0.15, 0.2) is 10.9 Å². The Morgan fingerprint density at radius 3 is 2.35 bits per heavy atom. The molecule has 88 valence electrons. The van der Waals surface area contributed by atoms with Crippen LogP contribution in [0.3, 0.4) is 0 Å². The fourth-order valence-electron chi connectivity index (χ4n) is 1.45. The zero-order valence-electron chi connectivity index (χ0n) is 7.96. The predicted molar refractivity (Wildman–Crippen MR) is 53.9 cm³/mol. The van der Waals surface area contributed by atoms with Crippen molar-refractivity contribution in [2.24, 2.45) is 0 Å². The van der Waals surface area contributed by atoms with Gasteiger partial charge < -0.3 is 10.1 Å². The molecule has 1 heterocycles. The molecule has 0 aliphatic carbocycles. The lowest BCUT2D eigenvalue weighted by Crippen LogP contribution is -1.99. The number of hydrogen-bond donors (Lipinski definition) is 3. The predicted octanol–water partition coefficient (Wildman–Crippen LogP) is 0.378. The van der Waals surface area contributed by atoms with Crippen molar-refractivity contribution in [3.8, 4) is 5.75 Å². The number of aromatic hydroxyl groups is 1. The number of nitro groups is 2. The monoisotopic (exact) mass is 240 g/mol. The average Bonchev–Trinajstić information content (AvgIpc) is 2.55. The van der Waals surface area contributed by atoms with Gasteiger partial charge in [0.25, 0.3) is 5.75 Å². The van der Waals surface area contributed by atoms with Crippen LogP contribution >= 0.6 is 0 Å². The summed E-state index contributed by atoms with van der Waals surface area (Å²) in [5, 5.41) is 30.7. The highest BCUT2D eigenvalue weighted by Crippen LogP contribution is 2.39. The molecule has 0 saturated carbocycles. The molecular weight excluding hydrogens is 236 g/mol. The highest BCUT2D eigenvalue weighted by molar-refractivity contribution is 5.91. The number of imidazole rings is 1. The standard InChI is InChI=1S/C7H4N4O6/c12-6-3(10(14)15)1-2-4(5(6)11(16)17)9-7(13)8-2/h1,12H,(H2,8,9,13). The molecule has 1 aromatic carbocycles. The summed E-state index contributed by atoms with van der Waals surface area (Å²) in [4.78, 5) is 34.5. The quantitative estimate of drug-likeness (QED) is 0.508. The molecule has 0 aliphatic rings. The van der Waals surface area contributed by atoms with Crippen LogP contribution in [0.1, 0.15) is 0 Å². The van der Waals surface area contributed by atoms with Gasteiger partial charge in [0, 0.05) is 6.07 Å². The Morgan fingerprint density at radius 1 is 1.18 bits per heavy atom. The highest BCUT2D eigenvalue weighted by atomic mass is 16.6. The first kappa shape index (κ1) is 10.6. The number of rotatable bonds is 2. The molecule has 0 spiro atoms. The zero-order chi connectivity index (χ0) is 12.7. The molecule has 0 unspecified atom stereocenters. The van der Waals surface area contributed by atoms with Crippen LogP contribution in [0.5, 0.6) is 5.75 Å². The smallest absolute Gasteiger partial charge is 0.343 e. The van der Waals surface area contributed by atoms with E-state index in [9.17, 15) is 30.1 Å². The molecule has 0 amide bonds. The summed E-state index contributed by atoms with van der Waals surface area (Å²) in [6.45, 7) is 0. The van der Waals surface area contributed by atoms with E-state index in [0.29, 0.717) is 0 Å². The largest absolute Gasteiger partial charge is 0.497 e. The second-order valence-corrected chi connectivity index (χ2v) is 3.11. The van der Waals surface area contributed by atoms with Gasteiger partial charge in [0.15, 0.2) is 0 Å². The molecule has 3 N–H and O–H groups in total. The van der Waals surface area contributed by atoms with Crippen molar-refractivity contribution in [2.75, 3.05) is 0 Å². The van der Waals surface area contributed by atoms with Crippen LogP contribution in [0.25, 0.3) is 11.0 Å². The fourth-order valence-corrected chi connectivity index (χ4v) is 1.45. The van der Waals surface area contributed by atoms with E-state index in [0.717, 1.165) is 6.07 Å². The van der Waals surface area contributed by atoms with Gasteiger partial charge in [-0.05, 0) is 0 Å². The molecule has 1 aromatic heterocycles. The summed E-state index contributed by atoms with van der Waals surface area (Å²) in [5.74, 6) is -1.09. The van der Waals surface area contributed by atoms with Crippen LogP contribution in [0.4, 0.5) is 11.4 Å². The molecule has 0 radical (unpaired) electrons. The van der Waals surface area contributed by atoms with Crippen molar-refractivity contribution in [3.63, 3.8) is 0 Å². The van der Waals surface area contributed by atoms with Crippen molar-refractivity contribution in [3.05, 3.63) is 36.8 Å². The maximum absolute atomic E-state index is 11.0. The first-order valence-corrected chi connectivity index (χ1v) is 4.18. The molecule has 2 rings (SSSR count). The summed E-state index contributed by atoms with van der Waals surface area (Å²) in [7, 11) is 0. The topological polar surface area (TPSA) is 155 Å². The number of hydrogen-bond acceptors (Lipinski definition) is 6. The Kier molecular flexibility index (Phi) is 2.06. The van der Waals surface area contributed by atoms with E-state index in [1.165, 1.54) is 0 Å². The van der Waals surface area contributed by atoms with Gasteiger partial charge in [-0.15, -0.1) is 0 Å². The minimum atomic E-state index is -1.09. The molecule has 2 aromatic rings. The van der Waals surface area contributed by atoms with Crippen LogP contribution in [-0.2, 0) is 0 Å². The maximum atomic E-state index is 11.0. The first-order chi connectivity index (χ1) is 7.91. The molecule has 17 heavy (non-hydrogen) atoms. The number of benzene rings is 1. The van der Waals surface area contributed by atoms with E-state index < -0.39 is 32.7 Å². The Morgan fingerprint density at radius 2 is 1.82 bits per heavy atom. The van der Waals surface area contributed by atoms with Crippen LogP contribution in [0.2, 0.25) is 0 Å². The summed E-state index contributed by atoms with van der Waals surface area (Å²) in [6.07, 6.45) is 0. The molecule has 0 aliphatic heterocycles. The Labute approximate surface area is 90.8 Å². The molecule has 0 bridgehead atoms. The van der Waals surface area contributed by atoms with Gasteiger partial charge >= 0.3 is 17.1 Å². The SMILES string of the molecule is O=c1[nH]c2cc([N+](=O)[O-])c(O)c([N+](=O)[O-])c2[nH]1. The number of nitrogens with one attached hydrogen (secondary N) is 2. The highest BCUT2D eigenvalue weighted by Gasteiger charge is 2.30. The van der Waals surface area contributed by atoms with E-state index >= 15 is 0 Å². The van der Waals surface area contributed by atoms with Crippen LogP contribution in [-0.4, -0.2) is 24.9 Å². The number of nitrogens with zero attached hydrogens (tertiary/aromatic N) is 2. The lowest BCUT2D eigenvalue weighted by Gasteiger charge is -1.98. The molecule has 0 fully saturated rings. The van der Waals surface area contributed by atoms with Gasteiger partial charge in [-0.3, -0.25) is 25.2 Å². The summed E-state index contributed by atoms with van der Waals surface area (Å²) in [5.41, 5.74) is -2.93. The third-order valence-electron chi connectivity index (χ3n) is 2.12. The zero-order valence-corrected chi connectivity index (χ0v) is 7.96. The van der Waals surface area contributed by atoms with Gasteiger partial charge in [-0.2, -0.15) is 0 Å². The number of H-pyrrole nitrogens is 2. The Bertz CT molecular complexity index is 698. The van der Waals surface area contributed by atoms with Gasteiger partial charge in [0.2, 0.25) is 0 Å². The van der Waals surface area contributed by atoms with Crippen molar-refractivity contribution in [1.82, 2.24) is 9.97 Å². The average molecular weight is 240 g/mol. The first-order valence-electron chi connectivity index (χ1n) is 4.18. The third kappa shape index (κ3) is 1.47. The second kappa shape index (κ2) is 3.30.